The van der Waals surface area contributed by atoms with E-state index in [1.54, 1.807) is 20.8 Å². The largest absolute Gasteiger partial charge is 0.368 e. The molecule has 0 radical (unpaired) electrons. The van der Waals surface area contributed by atoms with E-state index < -0.39 is 108 Å². The van der Waals surface area contributed by atoms with Crippen molar-refractivity contribution >= 4 is 37.5 Å². The fraction of sp³-hybridized carbons (Fsp3) is 0.794. The summed E-state index contributed by atoms with van der Waals surface area (Å²) >= 11 is 0. The van der Waals surface area contributed by atoms with Gasteiger partial charge < -0.3 is 50.8 Å². The van der Waals surface area contributed by atoms with Crippen LogP contribution in [0.15, 0.2) is 31.6 Å². The van der Waals surface area contributed by atoms with Gasteiger partial charge in [0.15, 0.2) is 12.5 Å². The van der Waals surface area contributed by atoms with E-state index in [1.165, 1.54) is 26.4 Å². The van der Waals surface area contributed by atoms with Crippen LogP contribution in [0.1, 0.15) is 186 Å². The van der Waals surface area contributed by atoms with Crippen LogP contribution >= 0.6 is 25.6 Å². The summed E-state index contributed by atoms with van der Waals surface area (Å²) in [7, 11) is -4.42. The first kappa shape index (κ1) is 79.5. The number of aryl methyl sites for hydroxylation is 2. The van der Waals surface area contributed by atoms with E-state index in [9.17, 15) is 28.8 Å². The monoisotopic (exact) mass is 1390 g/mol. The summed E-state index contributed by atoms with van der Waals surface area (Å²) in [4.78, 5) is 79.1. The number of rotatable bonds is 30. The lowest BCUT2D eigenvalue weighted by Crippen LogP contribution is -2.60. The molecule has 6 aliphatic heterocycles. The lowest BCUT2D eigenvalue weighted by molar-refractivity contribution is -0.208. The smallest absolute Gasteiger partial charge is 0.330 e. The maximum atomic E-state index is 12.6. The first-order valence-electron chi connectivity index (χ1n) is 33.2. The molecule has 7 unspecified atom stereocenters. The highest BCUT2D eigenvalue weighted by Crippen LogP contribution is 2.59. The third-order valence-corrected chi connectivity index (χ3v) is 23.7. The minimum absolute atomic E-state index is 0.148. The molecule has 6 fully saturated rings. The second-order valence-corrected chi connectivity index (χ2v) is 30.4. The fourth-order valence-electron chi connectivity index (χ4n) is 12.8. The number of carbonyl (C=O) groups excluding carboxylic acids is 2. The number of carbonyl (C=O) groups is 2. The fourth-order valence-corrected chi connectivity index (χ4v) is 18.1. The van der Waals surface area contributed by atoms with Crippen molar-refractivity contribution in [2.24, 2.45) is 5.92 Å². The highest BCUT2D eigenvalue weighted by Gasteiger charge is 2.67. The van der Waals surface area contributed by atoms with Crippen LogP contribution in [-0.2, 0) is 55.6 Å². The van der Waals surface area contributed by atoms with E-state index in [0.29, 0.717) is 56.4 Å². The van der Waals surface area contributed by atoms with Gasteiger partial charge >= 0.3 is 17.4 Å². The van der Waals surface area contributed by atoms with E-state index in [-0.39, 0.29) is 99.0 Å². The van der Waals surface area contributed by atoms with Gasteiger partial charge in [-0.1, -0.05) is 27.7 Å². The number of H-pyrrole nitrogens is 2. The summed E-state index contributed by atoms with van der Waals surface area (Å²) < 4.78 is 78.5. The van der Waals surface area contributed by atoms with Crippen LogP contribution in [0, 0.1) is 53.8 Å². The molecule has 6 saturated heterocycles. The molecule has 32 heteroatoms. The first-order chi connectivity index (χ1) is 44.9. The van der Waals surface area contributed by atoms with Crippen molar-refractivity contribution < 1.29 is 60.4 Å². The maximum Gasteiger partial charge on any atom is 0.330 e. The van der Waals surface area contributed by atoms with Crippen molar-refractivity contribution in [2.45, 2.75) is 285 Å². The number of hydrogen-bond donors (Lipinski definition) is 3. The molecule has 2 aromatic heterocycles. The molecule has 0 aromatic carbocycles. The predicted octanol–water partition coefficient (Wildman–Crippen LogP) is 8.91. The zero-order valence-corrected chi connectivity index (χ0v) is 61.4. The zero-order valence-electron chi connectivity index (χ0n) is 58.8. The number of nitrogens with one attached hydrogen (secondary N) is 3. The lowest BCUT2D eigenvalue weighted by Gasteiger charge is -2.39. The molecule has 4 bridgehead atoms. The second kappa shape index (κ2) is 35.5. The highest BCUT2D eigenvalue weighted by atomic mass is 31.2. The summed E-state index contributed by atoms with van der Waals surface area (Å²) in [5.74, 6) is -0.622. The summed E-state index contributed by atoms with van der Waals surface area (Å²) in [6.07, 6.45) is 1.65. The number of hydrogen-bond acceptors (Lipinski definition) is 23. The highest BCUT2D eigenvalue weighted by molar-refractivity contribution is 7.45. The predicted molar refractivity (Wildman–Crippen MR) is 356 cm³/mol. The Labute approximate surface area is 562 Å². The van der Waals surface area contributed by atoms with Crippen molar-refractivity contribution in [1.82, 2.24) is 43.3 Å². The van der Waals surface area contributed by atoms with Crippen molar-refractivity contribution in [3.8, 4) is 18.2 Å². The molecular formula is C63H103N12O17P3. The van der Waals surface area contributed by atoms with Gasteiger partial charge in [0.05, 0.1) is 88.1 Å². The molecule has 6 aliphatic rings. The number of urea groups is 1. The standard InChI is InChI=1S/C22H35N4O6P.C21H35N4O6P.C20H33N4O5P/c1-8-22-16(7)30-17(20(31-22)25-12-15(6)19(27)24-21(25)28)18(22)32-33(29-11-9-10-23)26(13(2)3)14(4)5;1-7-21-12-28-16(19(30-21)24-11-15(6)18(26)23-20(24)27)17(21)31-32(29-10-8-9-22)25(13(2)3)14(4)5;1-7-16-17(11-18(28-16)23-12-15(6)19(25)22-20(23)26)29-30(27-10-8-9-21)24(13(2)3)14(4)5/h12-14,16-18,20H,8-9,11H2,1-7H3,(H,24,27,28);13-17,19H,7-8,10-12H2,1-6H3,(H,23,26,27);12-14,16-18H,7-8,10-11H2,1-6H3,(H,22,25,26)/t16-,17-,18?,20+,22-,33?;15?,16-,17?,19+,21-,32?;16-,17?,18-,30?/m001/s1. The Bertz CT molecular complexity index is 3220. The topological polar surface area (TPSA) is 342 Å². The quantitative estimate of drug-likeness (QED) is 0.0485. The van der Waals surface area contributed by atoms with Crippen molar-refractivity contribution in [3.05, 3.63) is 65.2 Å². The van der Waals surface area contributed by atoms with Gasteiger partial charge in [-0.2, -0.15) is 15.8 Å². The molecule has 95 heavy (non-hydrogen) atoms. The van der Waals surface area contributed by atoms with Gasteiger partial charge in [-0.05, 0) is 123 Å². The van der Waals surface area contributed by atoms with Gasteiger partial charge in [-0.3, -0.25) is 43.7 Å². The molecule has 29 nitrogen and oxygen atoms in total. The van der Waals surface area contributed by atoms with Crippen LogP contribution < -0.4 is 27.8 Å². The minimum Gasteiger partial charge on any atom is -0.368 e. The Hall–Kier alpha value is -4.50. The summed E-state index contributed by atoms with van der Waals surface area (Å²) in [6, 6.07) is 6.86. The zero-order chi connectivity index (χ0) is 70.6. The van der Waals surface area contributed by atoms with Crippen LogP contribution in [0.3, 0.4) is 0 Å². The number of fused-ring (bicyclic) bond motifs is 4. The van der Waals surface area contributed by atoms with Crippen LogP contribution in [0.4, 0.5) is 4.79 Å². The number of nitrogens with zero attached hydrogens (tertiary/aromatic N) is 9. The number of imide groups is 1. The molecule has 532 valence electrons. The van der Waals surface area contributed by atoms with Gasteiger partial charge in [0.25, 0.3) is 36.7 Å². The first-order valence-corrected chi connectivity index (χ1v) is 36.6. The van der Waals surface area contributed by atoms with E-state index in [0.717, 1.165) is 0 Å². The normalized spacial score (nSPS) is 28.8. The van der Waals surface area contributed by atoms with E-state index >= 15 is 0 Å². The molecule has 2 aromatic rings. The Morgan fingerprint density at radius 3 is 1.54 bits per heavy atom. The molecule has 0 saturated carbocycles. The van der Waals surface area contributed by atoms with Crippen molar-refractivity contribution in [2.75, 3.05) is 33.0 Å². The van der Waals surface area contributed by atoms with Gasteiger partial charge in [-0.15, -0.1) is 0 Å². The average molecular weight is 1390 g/mol. The minimum atomic E-state index is -1.53. The van der Waals surface area contributed by atoms with Crippen LogP contribution in [-0.4, -0.2) is 179 Å². The average Bonchev–Trinajstić information content (AvgIpc) is 1.57. The van der Waals surface area contributed by atoms with Gasteiger partial charge in [0.1, 0.15) is 41.8 Å². The summed E-state index contributed by atoms with van der Waals surface area (Å²) in [5, 5.41) is 29.2. The second-order valence-electron chi connectivity index (χ2n) is 26.2. The SMILES string of the molecule is CC[C@H]1O[C@@H](n2cc(C)c(=O)[nH]c2=O)CC1OP(OCCC#N)N(C(C)C)C(C)C.CC[C@]12CO[C@@H](C1OP(OCCC#N)N(C(C)C)C(C)C)[C@H](N1CC(C)C(=O)NC1=O)O2.CC[C@]12O[C@@H](n3cc(C)c(=O)[nH]c3=O)[C@@H](O[C@H]1C)C2OP(OCCC#N)N(C(C)C)C(C)C. The van der Waals surface area contributed by atoms with Crippen LogP contribution in [0.25, 0.3) is 0 Å². The molecule has 16 atom stereocenters. The number of nitriles is 3. The Morgan fingerprint density at radius 1 is 0.621 bits per heavy atom. The Morgan fingerprint density at radius 2 is 1.08 bits per heavy atom. The lowest BCUT2D eigenvalue weighted by atomic mass is 9.91. The third kappa shape index (κ3) is 18.5. The van der Waals surface area contributed by atoms with Gasteiger partial charge in [0, 0.05) is 72.7 Å². The summed E-state index contributed by atoms with van der Waals surface area (Å²) in [6.45, 7) is 39.4. The Balaban J connectivity index is 0.000000226. The third-order valence-electron chi connectivity index (χ3n) is 17.4. The van der Waals surface area contributed by atoms with Crippen molar-refractivity contribution in [1.29, 1.82) is 15.8 Å². The van der Waals surface area contributed by atoms with Gasteiger partial charge in [0.2, 0.25) is 5.91 Å². The van der Waals surface area contributed by atoms with Crippen molar-refractivity contribution in [3.63, 3.8) is 0 Å². The molecule has 0 spiro atoms. The van der Waals surface area contributed by atoms with E-state index in [1.807, 2.05) is 27.7 Å². The molecule has 3 N–H and O–H groups in total. The number of aromatic nitrogens is 4. The van der Waals surface area contributed by atoms with E-state index in [2.05, 4.69) is 131 Å². The molecule has 8 heterocycles. The molecule has 8 rings (SSSR count). The van der Waals surface area contributed by atoms with Crippen LogP contribution in [0.2, 0.25) is 0 Å². The van der Waals surface area contributed by atoms with Gasteiger partial charge in [-0.25, -0.2) is 28.4 Å². The van der Waals surface area contributed by atoms with Crippen LogP contribution in [0.5, 0.6) is 0 Å². The summed E-state index contributed by atoms with van der Waals surface area (Å²) in [5.41, 5.74) is -2.50. The number of amides is 3. The molecular weight excluding hydrogens is 1290 g/mol. The van der Waals surface area contributed by atoms with E-state index in [4.69, 9.17) is 66.6 Å². The maximum absolute atomic E-state index is 12.6. The molecule has 3 amide bonds. The number of ether oxygens (including phenoxy) is 5. The molecule has 0 aliphatic carbocycles. The number of aromatic amines is 2. The Kier molecular flexibility index (Phi) is 29.7.